The van der Waals surface area contributed by atoms with Gasteiger partial charge in [0, 0.05) is 13.5 Å². The van der Waals surface area contributed by atoms with Crippen molar-refractivity contribution < 1.29 is 36.9 Å². The monoisotopic (exact) mass is 426 g/mol. The van der Waals surface area contributed by atoms with Gasteiger partial charge in [-0.25, -0.2) is 4.79 Å². The second-order valence-electron chi connectivity index (χ2n) is 7.24. The number of rotatable bonds is 9. The summed E-state index contributed by atoms with van der Waals surface area (Å²) in [4.78, 5) is 12.0. The van der Waals surface area contributed by atoms with Crippen molar-refractivity contribution in [3.05, 3.63) is 54.1 Å². The predicted octanol–water partition coefficient (Wildman–Crippen LogP) is 5.62. The number of carbonyl (C=O) groups excluding carboxylic acids is 1. The van der Waals surface area contributed by atoms with Gasteiger partial charge in [0.25, 0.3) is 0 Å². The molecule has 0 saturated heterocycles. The molecule has 30 heavy (non-hydrogen) atoms. The van der Waals surface area contributed by atoms with Crippen LogP contribution in [0.4, 0.5) is 13.2 Å². The third kappa shape index (κ3) is 7.26. The molecule has 0 amide bonds. The standard InChI is InChI=1S/C22H25F3O5/c1-15(20(26)28-14-13-21(2,3)27-4)29-17-9-11-19(12-10-17)30-18-7-5-16(6-8-18)22(23,24)25/h5-12,15H,13-14H2,1-4H3. The van der Waals surface area contributed by atoms with Crippen LogP contribution in [0.2, 0.25) is 0 Å². The van der Waals surface area contributed by atoms with Crippen molar-refractivity contribution >= 4 is 5.97 Å². The van der Waals surface area contributed by atoms with Crippen LogP contribution in [-0.2, 0) is 20.4 Å². The summed E-state index contributed by atoms with van der Waals surface area (Å²) in [6.07, 6.45) is -4.65. The van der Waals surface area contributed by atoms with E-state index in [0.29, 0.717) is 17.9 Å². The van der Waals surface area contributed by atoms with Crippen LogP contribution in [0.25, 0.3) is 0 Å². The molecular formula is C22H25F3O5. The molecule has 5 nitrogen and oxygen atoms in total. The number of methoxy groups -OCH3 is 1. The Morgan fingerprint density at radius 2 is 1.43 bits per heavy atom. The smallest absolute Gasteiger partial charge is 0.416 e. The van der Waals surface area contributed by atoms with E-state index in [9.17, 15) is 18.0 Å². The highest BCUT2D eigenvalue weighted by molar-refractivity contribution is 5.74. The maximum Gasteiger partial charge on any atom is 0.416 e. The zero-order valence-electron chi connectivity index (χ0n) is 17.3. The molecule has 0 heterocycles. The Kier molecular flexibility index (Phi) is 7.72. The van der Waals surface area contributed by atoms with Crippen molar-refractivity contribution in [1.29, 1.82) is 0 Å². The van der Waals surface area contributed by atoms with Crippen molar-refractivity contribution in [2.45, 2.75) is 45.1 Å². The van der Waals surface area contributed by atoms with E-state index in [1.165, 1.54) is 12.1 Å². The van der Waals surface area contributed by atoms with Crippen LogP contribution < -0.4 is 9.47 Å². The molecule has 2 aromatic rings. The summed E-state index contributed by atoms with van der Waals surface area (Å²) in [6.45, 7) is 5.59. The second-order valence-corrected chi connectivity index (χ2v) is 7.24. The minimum atomic E-state index is -4.39. The molecule has 0 aromatic heterocycles. The molecule has 0 spiro atoms. The summed E-state index contributed by atoms with van der Waals surface area (Å²) in [5, 5.41) is 0. The van der Waals surface area contributed by atoms with Crippen molar-refractivity contribution in [1.82, 2.24) is 0 Å². The molecule has 1 unspecified atom stereocenters. The molecule has 0 bridgehead atoms. The highest BCUT2D eigenvalue weighted by Crippen LogP contribution is 2.31. The fraction of sp³-hybridized carbons (Fsp3) is 0.409. The van der Waals surface area contributed by atoms with Gasteiger partial charge in [0.2, 0.25) is 0 Å². The Balaban J connectivity index is 1.85. The van der Waals surface area contributed by atoms with E-state index in [-0.39, 0.29) is 18.0 Å². The lowest BCUT2D eigenvalue weighted by Gasteiger charge is -2.22. The van der Waals surface area contributed by atoms with Crippen LogP contribution in [0.5, 0.6) is 17.2 Å². The van der Waals surface area contributed by atoms with E-state index in [2.05, 4.69) is 0 Å². The molecule has 0 radical (unpaired) electrons. The first-order valence-electron chi connectivity index (χ1n) is 9.34. The Hall–Kier alpha value is -2.74. The normalized spacial score (nSPS) is 12.9. The maximum atomic E-state index is 12.6. The number of halogens is 3. The number of ether oxygens (including phenoxy) is 4. The quantitative estimate of drug-likeness (QED) is 0.487. The average molecular weight is 426 g/mol. The first-order chi connectivity index (χ1) is 14.0. The van der Waals surface area contributed by atoms with Crippen molar-refractivity contribution in [3.63, 3.8) is 0 Å². The van der Waals surface area contributed by atoms with Gasteiger partial charge in [-0.3, -0.25) is 0 Å². The maximum absolute atomic E-state index is 12.6. The Morgan fingerprint density at radius 1 is 0.933 bits per heavy atom. The largest absolute Gasteiger partial charge is 0.479 e. The minimum absolute atomic E-state index is 0.216. The Bertz CT molecular complexity index is 814. The third-order valence-corrected chi connectivity index (χ3v) is 4.39. The number of hydrogen-bond donors (Lipinski definition) is 0. The molecule has 0 fully saturated rings. The van der Waals surface area contributed by atoms with Crippen LogP contribution in [0, 0.1) is 0 Å². The van der Waals surface area contributed by atoms with Gasteiger partial charge in [0.1, 0.15) is 17.2 Å². The van der Waals surface area contributed by atoms with E-state index in [1.807, 2.05) is 13.8 Å². The zero-order chi connectivity index (χ0) is 22.4. The SMILES string of the molecule is COC(C)(C)CCOC(=O)C(C)Oc1ccc(Oc2ccc(C(F)(F)F)cc2)cc1. The summed E-state index contributed by atoms with van der Waals surface area (Å²) >= 11 is 0. The number of hydrogen-bond acceptors (Lipinski definition) is 5. The summed E-state index contributed by atoms with van der Waals surface area (Å²) in [6, 6.07) is 10.8. The third-order valence-electron chi connectivity index (χ3n) is 4.39. The van der Waals surface area contributed by atoms with Crippen LogP contribution in [0.3, 0.4) is 0 Å². The Labute approximate surface area is 173 Å². The lowest BCUT2D eigenvalue weighted by molar-refractivity contribution is -0.152. The van der Waals surface area contributed by atoms with Crippen LogP contribution in [-0.4, -0.2) is 31.4 Å². The van der Waals surface area contributed by atoms with Crippen molar-refractivity contribution in [2.75, 3.05) is 13.7 Å². The number of esters is 1. The van der Waals surface area contributed by atoms with Gasteiger partial charge >= 0.3 is 12.1 Å². The topological polar surface area (TPSA) is 54.0 Å². The van der Waals surface area contributed by atoms with E-state index in [0.717, 1.165) is 12.1 Å². The fourth-order valence-electron chi connectivity index (χ4n) is 2.30. The summed E-state index contributed by atoms with van der Waals surface area (Å²) in [5.41, 5.74) is -1.13. The lowest BCUT2D eigenvalue weighted by Crippen LogP contribution is -2.29. The summed E-state index contributed by atoms with van der Waals surface area (Å²) in [7, 11) is 1.60. The van der Waals surface area contributed by atoms with E-state index >= 15 is 0 Å². The van der Waals surface area contributed by atoms with Gasteiger partial charge in [-0.2, -0.15) is 13.2 Å². The number of carbonyl (C=O) groups is 1. The molecule has 2 rings (SSSR count). The highest BCUT2D eigenvalue weighted by atomic mass is 19.4. The molecule has 8 heteroatoms. The van der Waals surface area contributed by atoms with Gasteiger partial charge < -0.3 is 18.9 Å². The van der Waals surface area contributed by atoms with Gasteiger partial charge in [-0.15, -0.1) is 0 Å². The van der Waals surface area contributed by atoms with Crippen LogP contribution in [0.1, 0.15) is 32.8 Å². The first-order valence-corrected chi connectivity index (χ1v) is 9.34. The number of benzene rings is 2. The van der Waals surface area contributed by atoms with E-state index in [1.54, 1.807) is 38.3 Å². The van der Waals surface area contributed by atoms with Gasteiger partial charge in [0.05, 0.1) is 17.8 Å². The molecule has 0 N–H and O–H groups in total. The Morgan fingerprint density at radius 3 is 1.93 bits per heavy atom. The first kappa shape index (κ1) is 23.5. The van der Waals surface area contributed by atoms with Crippen molar-refractivity contribution in [2.24, 2.45) is 0 Å². The molecule has 2 aromatic carbocycles. The molecule has 1 atom stereocenters. The molecule has 0 saturated carbocycles. The molecule has 0 aliphatic heterocycles. The van der Waals surface area contributed by atoms with E-state index < -0.39 is 23.8 Å². The summed E-state index contributed by atoms with van der Waals surface area (Å²) < 4.78 is 59.3. The van der Waals surface area contributed by atoms with Crippen LogP contribution >= 0.6 is 0 Å². The average Bonchev–Trinajstić information content (AvgIpc) is 2.69. The molecule has 0 aliphatic carbocycles. The highest BCUT2D eigenvalue weighted by Gasteiger charge is 2.30. The van der Waals surface area contributed by atoms with Crippen LogP contribution in [0.15, 0.2) is 48.5 Å². The molecule has 164 valence electrons. The van der Waals surface area contributed by atoms with Crippen molar-refractivity contribution in [3.8, 4) is 17.2 Å². The van der Waals surface area contributed by atoms with Gasteiger partial charge in [0.15, 0.2) is 6.10 Å². The van der Waals surface area contributed by atoms with Gasteiger partial charge in [-0.1, -0.05) is 0 Å². The summed E-state index contributed by atoms with van der Waals surface area (Å²) in [5.74, 6) is 0.621. The number of alkyl halides is 3. The predicted molar refractivity (Wildman–Crippen MR) is 105 cm³/mol. The molecular weight excluding hydrogens is 401 g/mol. The van der Waals surface area contributed by atoms with Gasteiger partial charge in [-0.05, 0) is 69.3 Å². The fourth-order valence-corrected chi connectivity index (χ4v) is 2.30. The zero-order valence-corrected chi connectivity index (χ0v) is 17.3. The lowest BCUT2D eigenvalue weighted by atomic mass is 10.1. The minimum Gasteiger partial charge on any atom is -0.479 e. The van der Waals surface area contributed by atoms with E-state index in [4.69, 9.17) is 18.9 Å². The second kappa shape index (κ2) is 9.84. The molecule has 0 aliphatic rings.